The third-order valence-corrected chi connectivity index (χ3v) is 6.95. The molecule has 0 unspecified atom stereocenters. The Morgan fingerprint density at radius 2 is 1.59 bits per heavy atom. The van der Waals surface area contributed by atoms with Crippen molar-refractivity contribution in [3.63, 3.8) is 0 Å². The summed E-state index contributed by atoms with van der Waals surface area (Å²) in [5, 5.41) is 2.91. The van der Waals surface area contributed by atoms with Crippen molar-refractivity contribution in [1.29, 1.82) is 0 Å². The topological polar surface area (TPSA) is 69.7 Å². The van der Waals surface area contributed by atoms with E-state index >= 15 is 0 Å². The van der Waals surface area contributed by atoms with Crippen LogP contribution in [0.3, 0.4) is 0 Å². The van der Waals surface area contributed by atoms with Gasteiger partial charge in [0.25, 0.3) is 0 Å². The van der Waals surface area contributed by atoms with Crippen LogP contribution in [-0.4, -0.2) is 56.4 Å². The minimum atomic E-state index is -3.50. The maximum atomic E-state index is 12.6. The van der Waals surface area contributed by atoms with Gasteiger partial charge < -0.3 is 10.2 Å². The fourth-order valence-corrected chi connectivity index (χ4v) is 4.66. The zero-order valence-electron chi connectivity index (χ0n) is 14.8. The molecular weight excluding hydrogens is 430 g/mol. The monoisotopic (exact) mass is 451 g/mol. The lowest BCUT2D eigenvalue weighted by Gasteiger charge is -2.34. The summed E-state index contributed by atoms with van der Waals surface area (Å²) in [7, 11) is -3.50. The molecule has 0 saturated carbocycles. The molecule has 0 radical (unpaired) electrons. The van der Waals surface area contributed by atoms with E-state index in [1.165, 1.54) is 4.31 Å². The molecule has 2 aromatic carbocycles. The Morgan fingerprint density at radius 1 is 0.963 bits per heavy atom. The number of nitrogens with one attached hydrogen (secondary N) is 1. The maximum Gasteiger partial charge on any atom is 0.317 e. The zero-order valence-corrected chi connectivity index (χ0v) is 17.2. The molecule has 27 heavy (non-hydrogen) atoms. The van der Waals surface area contributed by atoms with Crippen LogP contribution in [0.2, 0.25) is 0 Å². The van der Waals surface area contributed by atoms with Crippen LogP contribution in [0.15, 0.2) is 64.0 Å². The Kier molecular flexibility index (Phi) is 6.51. The maximum absolute atomic E-state index is 12.6. The molecule has 0 aromatic heterocycles. The SMILES string of the molecule is O=C(NCCc1ccc(Br)cc1)N1CCN(S(=O)(=O)c2ccccc2)CC1. The van der Waals surface area contributed by atoms with Crippen molar-refractivity contribution in [3.05, 3.63) is 64.6 Å². The van der Waals surface area contributed by atoms with Crippen molar-refractivity contribution in [2.24, 2.45) is 0 Å². The molecule has 0 aliphatic carbocycles. The summed E-state index contributed by atoms with van der Waals surface area (Å²) in [6.07, 6.45) is 0.751. The lowest BCUT2D eigenvalue weighted by atomic mass is 10.1. The van der Waals surface area contributed by atoms with E-state index in [0.717, 1.165) is 16.5 Å². The lowest BCUT2D eigenvalue weighted by Crippen LogP contribution is -2.53. The molecule has 144 valence electrons. The Balaban J connectivity index is 1.47. The second-order valence-corrected chi connectivity index (χ2v) is 9.17. The number of amides is 2. The smallest absolute Gasteiger partial charge is 0.317 e. The molecule has 1 aliphatic heterocycles. The first kappa shape index (κ1) is 19.9. The molecule has 2 amide bonds. The summed E-state index contributed by atoms with van der Waals surface area (Å²) in [5.41, 5.74) is 1.15. The van der Waals surface area contributed by atoms with Crippen molar-refractivity contribution in [3.8, 4) is 0 Å². The van der Waals surface area contributed by atoms with Crippen LogP contribution in [-0.2, 0) is 16.4 Å². The van der Waals surface area contributed by atoms with E-state index in [1.54, 1.807) is 35.2 Å². The van der Waals surface area contributed by atoms with Gasteiger partial charge in [-0.1, -0.05) is 46.3 Å². The predicted molar refractivity (Wildman–Crippen MR) is 108 cm³/mol. The van der Waals surface area contributed by atoms with E-state index in [1.807, 2.05) is 24.3 Å². The molecule has 1 aliphatic rings. The summed E-state index contributed by atoms with van der Waals surface area (Å²) in [5.74, 6) is 0. The van der Waals surface area contributed by atoms with Crippen LogP contribution in [0.25, 0.3) is 0 Å². The first-order chi connectivity index (χ1) is 13.0. The van der Waals surface area contributed by atoms with E-state index in [4.69, 9.17) is 0 Å². The number of piperazine rings is 1. The van der Waals surface area contributed by atoms with Gasteiger partial charge >= 0.3 is 6.03 Å². The van der Waals surface area contributed by atoms with Crippen LogP contribution in [0.5, 0.6) is 0 Å². The predicted octanol–water partition coefficient (Wildman–Crippen LogP) is 2.71. The minimum Gasteiger partial charge on any atom is -0.338 e. The summed E-state index contributed by atoms with van der Waals surface area (Å²) in [4.78, 5) is 14.3. The number of halogens is 1. The highest BCUT2D eigenvalue weighted by Crippen LogP contribution is 2.17. The Hall–Kier alpha value is -1.90. The number of sulfonamides is 1. The number of hydrogen-bond acceptors (Lipinski definition) is 3. The van der Waals surface area contributed by atoms with E-state index < -0.39 is 10.0 Å². The number of carbonyl (C=O) groups excluding carboxylic acids is 1. The highest BCUT2D eigenvalue weighted by molar-refractivity contribution is 9.10. The second kappa shape index (κ2) is 8.86. The fourth-order valence-electron chi connectivity index (χ4n) is 2.95. The quantitative estimate of drug-likeness (QED) is 0.759. The van der Waals surface area contributed by atoms with Crippen LogP contribution in [0, 0.1) is 0 Å². The number of urea groups is 1. The first-order valence-corrected chi connectivity index (χ1v) is 11.0. The van der Waals surface area contributed by atoms with Crippen molar-refractivity contribution < 1.29 is 13.2 Å². The molecule has 1 fully saturated rings. The van der Waals surface area contributed by atoms with Gasteiger partial charge in [-0.15, -0.1) is 0 Å². The van der Waals surface area contributed by atoms with E-state index in [0.29, 0.717) is 32.7 Å². The Morgan fingerprint density at radius 3 is 2.22 bits per heavy atom. The highest BCUT2D eigenvalue weighted by atomic mass is 79.9. The summed E-state index contributed by atoms with van der Waals surface area (Å²) in [6, 6.07) is 16.2. The van der Waals surface area contributed by atoms with Crippen molar-refractivity contribution >= 4 is 32.0 Å². The van der Waals surface area contributed by atoms with Gasteiger partial charge in [-0.05, 0) is 36.2 Å². The second-order valence-electron chi connectivity index (χ2n) is 6.31. The van der Waals surface area contributed by atoms with Gasteiger partial charge in [-0.3, -0.25) is 0 Å². The summed E-state index contributed by atoms with van der Waals surface area (Å²) >= 11 is 3.40. The summed E-state index contributed by atoms with van der Waals surface area (Å²) in [6.45, 7) is 1.92. The molecule has 2 aromatic rings. The average Bonchev–Trinajstić information content (AvgIpc) is 2.70. The van der Waals surface area contributed by atoms with Gasteiger partial charge in [0.1, 0.15) is 0 Å². The largest absolute Gasteiger partial charge is 0.338 e. The lowest BCUT2D eigenvalue weighted by molar-refractivity contribution is 0.172. The van der Waals surface area contributed by atoms with Crippen LogP contribution >= 0.6 is 15.9 Å². The van der Waals surface area contributed by atoms with Crippen LogP contribution < -0.4 is 5.32 Å². The van der Waals surface area contributed by atoms with Crippen LogP contribution in [0.4, 0.5) is 4.79 Å². The molecule has 0 bridgehead atoms. The van der Waals surface area contributed by atoms with Gasteiger partial charge in [0.05, 0.1) is 4.90 Å². The highest BCUT2D eigenvalue weighted by Gasteiger charge is 2.29. The molecule has 0 atom stereocenters. The standard InChI is InChI=1S/C19H22BrN3O3S/c20-17-8-6-16(7-9-17)10-11-21-19(24)22-12-14-23(15-13-22)27(25,26)18-4-2-1-3-5-18/h1-9H,10-15H2,(H,21,24). The Labute approximate surface area is 168 Å². The van der Waals surface area contributed by atoms with Gasteiger partial charge in [-0.25, -0.2) is 13.2 Å². The van der Waals surface area contributed by atoms with E-state index in [9.17, 15) is 13.2 Å². The van der Waals surface area contributed by atoms with Crippen LogP contribution in [0.1, 0.15) is 5.56 Å². The Bertz CT molecular complexity index is 865. The molecule has 6 nitrogen and oxygen atoms in total. The number of benzene rings is 2. The van der Waals surface area contributed by atoms with Gasteiger partial charge in [0, 0.05) is 37.2 Å². The number of hydrogen-bond donors (Lipinski definition) is 1. The average molecular weight is 452 g/mol. The zero-order chi connectivity index (χ0) is 19.3. The molecule has 0 spiro atoms. The molecule has 8 heteroatoms. The first-order valence-electron chi connectivity index (χ1n) is 8.79. The number of nitrogens with zero attached hydrogens (tertiary/aromatic N) is 2. The third kappa shape index (κ3) is 5.09. The third-order valence-electron chi connectivity index (χ3n) is 4.51. The minimum absolute atomic E-state index is 0.149. The number of carbonyl (C=O) groups is 1. The van der Waals surface area contributed by atoms with Gasteiger partial charge in [0.15, 0.2) is 0 Å². The van der Waals surface area contributed by atoms with Crippen molar-refractivity contribution in [1.82, 2.24) is 14.5 Å². The molecule has 3 rings (SSSR count). The van der Waals surface area contributed by atoms with E-state index in [2.05, 4.69) is 21.2 Å². The van der Waals surface area contributed by atoms with E-state index in [-0.39, 0.29) is 10.9 Å². The molecule has 1 heterocycles. The fraction of sp³-hybridized carbons (Fsp3) is 0.316. The van der Waals surface area contributed by atoms with Gasteiger partial charge in [0.2, 0.25) is 10.0 Å². The van der Waals surface area contributed by atoms with Crippen molar-refractivity contribution in [2.45, 2.75) is 11.3 Å². The number of rotatable bonds is 5. The van der Waals surface area contributed by atoms with Crippen molar-refractivity contribution in [2.75, 3.05) is 32.7 Å². The molecule has 1 N–H and O–H groups in total. The van der Waals surface area contributed by atoms with Gasteiger partial charge in [-0.2, -0.15) is 4.31 Å². The molecule has 1 saturated heterocycles. The normalized spacial score (nSPS) is 15.5. The summed E-state index contributed by atoms with van der Waals surface area (Å²) < 4.78 is 27.7. The molecular formula is C19H22BrN3O3S.